The molecule has 1 aromatic heterocycles. The van der Waals surface area contributed by atoms with Crippen molar-refractivity contribution in [1.29, 1.82) is 0 Å². The van der Waals surface area contributed by atoms with Crippen LogP contribution in [0.1, 0.15) is 17.5 Å². The van der Waals surface area contributed by atoms with Crippen LogP contribution >= 0.6 is 22.9 Å². The number of halogens is 1. The topological polar surface area (TPSA) is 137 Å². The van der Waals surface area contributed by atoms with Crippen molar-refractivity contribution in [3.63, 3.8) is 0 Å². The molecule has 4 N–H and O–H groups in total. The van der Waals surface area contributed by atoms with Crippen molar-refractivity contribution in [2.24, 2.45) is 0 Å². The standard InChI is InChI=1S/C22H25ClN4O6S/c1-27-8-6-13-2-3-15(10-14(13)7-9-27)25-21(31)16(12-24-18(28)11-19(29)30)26-22(32)33-20-5-4-17(23)34-20/h2-5,10,16H,6-9,11-12H2,1H3,(H,24,28)(H,25,31)(H,26,32)(H,29,30)/t16-/m1/s1. The molecule has 0 spiro atoms. The Morgan fingerprint density at radius 2 is 1.88 bits per heavy atom. The molecule has 0 aliphatic carbocycles. The number of fused-ring (bicyclic) bond motifs is 1. The zero-order valence-corrected chi connectivity index (χ0v) is 20.0. The summed E-state index contributed by atoms with van der Waals surface area (Å²) in [5.41, 5.74) is 2.90. The van der Waals surface area contributed by atoms with E-state index >= 15 is 0 Å². The van der Waals surface area contributed by atoms with Crippen molar-refractivity contribution in [3.05, 3.63) is 45.8 Å². The second-order valence-electron chi connectivity index (χ2n) is 7.80. The van der Waals surface area contributed by atoms with Crippen LogP contribution in [0.15, 0.2) is 30.3 Å². The number of amides is 3. The van der Waals surface area contributed by atoms with Crippen LogP contribution in [0.25, 0.3) is 0 Å². The van der Waals surface area contributed by atoms with E-state index in [1.54, 1.807) is 12.1 Å². The van der Waals surface area contributed by atoms with Gasteiger partial charge in [0.1, 0.15) is 12.5 Å². The Hall–Kier alpha value is -3.15. The summed E-state index contributed by atoms with van der Waals surface area (Å²) in [6, 6.07) is 7.50. The van der Waals surface area contributed by atoms with Crippen LogP contribution in [0.3, 0.4) is 0 Å². The van der Waals surface area contributed by atoms with E-state index in [4.69, 9.17) is 21.4 Å². The third-order valence-electron chi connectivity index (χ3n) is 5.17. The largest absolute Gasteiger partial charge is 0.481 e. The molecule has 0 saturated carbocycles. The molecule has 182 valence electrons. The fourth-order valence-electron chi connectivity index (χ4n) is 3.38. The molecule has 3 amide bonds. The Morgan fingerprint density at radius 1 is 1.15 bits per heavy atom. The minimum Gasteiger partial charge on any atom is -0.481 e. The van der Waals surface area contributed by atoms with Gasteiger partial charge in [-0.3, -0.25) is 14.4 Å². The van der Waals surface area contributed by atoms with Crippen molar-refractivity contribution in [1.82, 2.24) is 15.5 Å². The Kier molecular flexibility index (Phi) is 8.85. The summed E-state index contributed by atoms with van der Waals surface area (Å²) in [4.78, 5) is 50.0. The van der Waals surface area contributed by atoms with Gasteiger partial charge in [-0.25, -0.2) is 4.79 Å². The Balaban J connectivity index is 1.68. The van der Waals surface area contributed by atoms with Crippen molar-refractivity contribution in [2.45, 2.75) is 25.3 Å². The first-order valence-electron chi connectivity index (χ1n) is 10.5. The Labute approximate surface area is 205 Å². The van der Waals surface area contributed by atoms with Crippen LogP contribution in [-0.2, 0) is 27.2 Å². The fraction of sp³-hybridized carbons (Fsp3) is 0.364. The number of benzene rings is 1. The number of hydrogen-bond donors (Lipinski definition) is 4. The number of nitrogens with zero attached hydrogens (tertiary/aromatic N) is 1. The molecule has 1 aromatic carbocycles. The van der Waals surface area contributed by atoms with Gasteiger partial charge in [-0.15, -0.1) is 0 Å². The lowest BCUT2D eigenvalue weighted by Gasteiger charge is -2.19. The predicted octanol–water partition coefficient (Wildman–Crippen LogP) is 2.12. The van der Waals surface area contributed by atoms with Crippen LogP contribution in [0.5, 0.6) is 5.06 Å². The molecule has 0 saturated heterocycles. The van der Waals surface area contributed by atoms with E-state index < -0.39 is 36.3 Å². The van der Waals surface area contributed by atoms with Gasteiger partial charge >= 0.3 is 12.1 Å². The molecule has 0 fully saturated rings. The van der Waals surface area contributed by atoms with Gasteiger partial charge in [0, 0.05) is 25.3 Å². The Bertz CT molecular complexity index is 1080. The minimum atomic E-state index is -1.31. The van der Waals surface area contributed by atoms with Crippen LogP contribution < -0.4 is 20.7 Å². The molecule has 12 heteroatoms. The van der Waals surface area contributed by atoms with E-state index in [2.05, 4.69) is 27.9 Å². The molecular formula is C22H25ClN4O6S. The molecular weight excluding hydrogens is 484 g/mol. The number of carbonyl (C=O) groups excluding carboxylic acids is 3. The van der Waals surface area contributed by atoms with Gasteiger partial charge in [0.05, 0.1) is 4.34 Å². The number of thiophene rings is 1. The summed E-state index contributed by atoms with van der Waals surface area (Å²) in [6.07, 6.45) is 0.0821. The minimum absolute atomic E-state index is 0.229. The van der Waals surface area contributed by atoms with E-state index in [0.717, 1.165) is 42.8 Å². The molecule has 34 heavy (non-hydrogen) atoms. The number of hydrogen-bond acceptors (Lipinski definition) is 7. The van der Waals surface area contributed by atoms with Gasteiger partial charge in [0.15, 0.2) is 5.06 Å². The molecule has 0 unspecified atom stereocenters. The molecule has 10 nitrogen and oxygen atoms in total. The molecule has 3 rings (SSSR count). The number of carboxylic acids is 1. The normalized spacial score (nSPS) is 14.3. The van der Waals surface area contributed by atoms with E-state index in [0.29, 0.717) is 10.0 Å². The highest BCUT2D eigenvalue weighted by molar-refractivity contribution is 7.17. The number of carbonyl (C=O) groups is 4. The van der Waals surface area contributed by atoms with Crippen LogP contribution in [0, 0.1) is 0 Å². The summed E-state index contributed by atoms with van der Waals surface area (Å²) in [7, 11) is 2.06. The maximum Gasteiger partial charge on any atom is 0.414 e. The van der Waals surface area contributed by atoms with E-state index in [9.17, 15) is 19.2 Å². The third kappa shape index (κ3) is 7.72. The summed E-state index contributed by atoms with van der Waals surface area (Å²) in [5, 5.41) is 16.5. The number of nitrogens with one attached hydrogen (secondary N) is 3. The summed E-state index contributed by atoms with van der Waals surface area (Å²) < 4.78 is 5.55. The van der Waals surface area contributed by atoms with Gasteiger partial charge in [0.2, 0.25) is 11.8 Å². The quantitative estimate of drug-likeness (QED) is 0.401. The summed E-state index contributed by atoms with van der Waals surface area (Å²) in [5.74, 6) is -2.70. The van der Waals surface area contributed by atoms with Crippen molar-refractivity contribution >= 4 is 52.5 Å². The predicted molar refractivity (Wildman–Crippen MR) is 128 cm³/mol. The number of ether oxygens (including phenoxy) is 1. The first-order chi connectivity index (χ1) is 16.2. The Morgan fingerprint density at radius 3 is 2.56 bits per heavy atom. The van der Waals surface area contributed by atoms with E-state index in [1.807, 2.05) is 12.1 Å². The fourth-order valence-corrected chi connectivity index (χ4v) is 4.26. The van der Waals surface area contributed by atoms with Gasteiger partial charge in [0.25, 0.3) is 0 Å². The molecule has 0 bridgehead atoms. The lowest BCUT2D eigenvalue weighted by Crippen LogP contribution is -2.51. The maximum atomic E-state index is 13.0. The molecule has 1 atom stereocenters. The SMILES string of the molecule is CN1CCc2ccc(NC(=O)[C@@H](CNC(=O)CC(=O)O)NC(=O)Oc3ccc(Cl)s3)cc2CC1. The zero-order valence-electron chi connectivity index (χ0n) is 18.4. The van der Waals surface area contributed by atoms with Gasteiger partial charge < -0.3 is 30.7 Å². The smallest absolute Gasteiger partial charge is 0.414 e. The van der Waals surface area contributed by atoms with Crippen molar-refractivity contribution in [3.8, 4) is 5.06 Å². The lowest BCUT2D eigenvalue weighted by atomic mass is 10.0. The highest BCUT2D eigenvalue weighted by Crippen LogP contribution is 2.28. The van der Waals surface area contributed by atoms with Crippen LogP contribution in [0.2, 0.25) is 4.34 Å². The molecule has 2 heterocycles. The zero-order chi connectivity index (χ0) is 24.7. The maximum absolute atomic E-state index is 13.0. The van der Waals surface area contributed by atoms with E-state index in [1.165, 1.54) is 11.6 Å². The molecule has 0 radical (unpaired) electrons. The molecule has 1 aliphatic heterocycles. The average Bonchev–Trinajstić information content (AvgIpc) is 3.08. The highest BCUT2D eigenvalue weighted by Gasteiger charge is 2.24. The number of likely N-dealkylation sites (N-methyl/N-ethyl adjacent to an activating group) is 1. The number of carboxylic acid groups (broad SMARTS) is 1. The van der Waals surface area contributed by atoms with Crippen LogP contribution in [-0.4, -0.2) is 66.6 Å². The average molecular weight is 509 g/mol. The van der Waals surface area contributed by atoms with Crippen LogP contribution in [0.4, 0.5) is 10.5 Å². The van der Waals surface area contributed by atoms with Gasteiger partial charge in [-0.2, -0.15) is 0 Å². The highest BCUT2D eigenvalue weighted by atomic mass is 35.5. The van der Waals surface area contributed by atoms with Gasteiger partial charge in [-0.1, -0.05) is 29.0 Å². The summed E-state index contributed by atoms with van der Waals surface area (Å²) in [6.45, 7) is 1.54. The number of rotatable bonds is 8. The monoisotopic (exact) mass is 508 g/mol. The number of aliphatic carboxylic acids is 1. The van der Waals surface area contributed by atoms with Crippen molar-refractivity contribution in [2.75, 3.05) is 32.0 Å². The molecule has 1 aliphatic rings. The molecule has 2 aromatic rings. The number of anilines is 1. The van der Waals surface area contributed by atoms with Crippen molar-refractivity contribution < 1.29 is 29.0 Å². The summed E-state index contributed by atoms with van der Waals surface area (Å²) >= 11 is 6.87. The third-order valence-corrected chi connectivity index (χ3v) is 6.27. The first-order valence-corrected chi connectivity index (χ1v) is 11.7. The first kappa shape index (κ1) is 25.5. The second kappa shape index (κ2) is 11.8. The van der Waals surface area contributed by atoms with Gasteiger partial charge in [-0.05, 0) is 55.3 Å². The lowest BCUT2D eigenvalue weighted by molar-refractivity contribution is -0.140. The second-order valence-corrected chi connectivity index (χ2v) is 9.47. The van der Waals surface area contributed by atoms with E-state index in [-0.39, 0.29) is 11.6 Å².